The van der Waals surface area contributed by atoms with Crippen LogP contribution in [0.15, 0.2) is 29.2 Å². The molecular formula is C17H18ClFN2O3S2. The molecule has 2 N–H and O–H groups in total. The summed E-state index contributed by atoms with van der Waals surface area (Å²) < 4.78 is 38.1. The van der Waals surface area contributed by atoms with Gasteiger partial charge in [0, 0.05) is 9.90 Å². The van der Waals surface area contributed by atoms with Gasteiger partial charge in [-0.05, 0) is 55.0 Å². The zero-order valence-electron chi connectivity index (χ0n) is 14.0. The Balaban J connectivity index is 1.70. The number of hydrazine groups is 1. The molecule has 9 heteroatoms. The Hall–Kier alpha value is -1.48. The molecule has 0 saturated heterocycles. The van der Waals surface area contributed by atoms with Crippen molar-refractivity contribution in [3.8, 4) is 0 Å². The number of amides is 1. The highest BCUT2D eigenvalue weighted by Gasteiger charge is 2.24. The largest absolute Gasteiger partial charge is 0.276 e. The number of carbonyl (C=O) groups excluding carboxylic acids is 1. The quantitative estimate of drug-likeness (QED) is 0.730. The lowest BCUT2D eigenvalue weighted by Gasteiger charge is -2.19. The Bertz CT molecular complexity index is 943. The van der Waals surface area contributed by atoms with Gasteiger partial charge in [-0.3, -0.25) is 10.2 Å². The first-order valence-corrected chi connectivity index (χ1v) is 10.9. The molecule has 1 amide bonds. The molecule has 5 nitrogen and oxygen atoms in total. The van der Waals surface area contributed by atoms with Gasteiger partial charge in [0.05, 0.1) is 4.88 Å². The lowest BCUT2D eigenvalue weighted by molar-refractivity contribution is 0.0949. The van der Waals surface area contributed by atoms with Crippen molar-refractivity contribution in [1.29, 1.82) is 0 Å². The molecule has 0 radical (unpaired) electrons. The van der Waals surface area contributed by atoms with E-state index in [1.165, 1.54) is 22.3 Å². The van der Waals surface area contributed by atoms with E-state index in [1.54, 1.807) is 0 Å². The molecule has 1 aliphatic carbocycles. The van der Waals surface area contributed by atoms with Crippen molar-refractivity contribution in [3.63, 3.8) is 0 Å². The lowest BCUT2D eigenvalue weighted by Crippen LogP contribution is -2.41. The number of carbonyl (C=O) groups is 1. The van der Waals surface area contributed by atoms with E-state index in [9.17, 15) is 17.6 Å². The van der Waals surface area contributed by atoms with Crippen LogP contribution in [-0.2, 0) is 22.9 Å². The summed E-state index contributed by atoms with van der Waals surface area (Å²) in [6, 6.07) is 5.02. The monoisotopic (exact) mass is 416 g/mol. The highest BCUT2D eigenvalue weighted by molar-refractivity contribution is 7.89. The average Bonchev–Trinajstić information content (AvgIpc) is 3.02. The van der Waals surface area contributed by atoms with E-state index < -0.39 is 26.6 Å². The molecule has 2 aromatic rings. The molecule has 0 bridgehead atoms. The van der Waals surface area contributed by atoms with Gasteiger partial charge >= 0.3 is 0 Å². The van der Waals surface area contributed by atoms with Crippen molar-refractivity contribution in [2.75, 3.05) is 0 Å². The van der Waals surface area contributed by atoms with Crippen molar-refractivity contribution >= 4 is 38.9 Å². The second-order valence-electron chi connectivity index (χ2n) is 6.21. The Kier molecular flexibility index (Phi) is 5.67. The predicted molar refractivity (Wildman–Crippen MR) is 99.3 cm³/mol. The molecule has 1 heterocycles. The molecule has 0 aliphatic heterocycles. The number of aryl methyl sites for hydroxylation is 1. The minimum Gasteiger partial charge on any atom is -0.273 e. The Morgan fingerprint density at radius 1 is 1.38 bits per heavy atom. The number of benzene rings is 1. The summed E-state index contributed by atoms with van der Waals surface area (Å²) in [7, 11) is -4.24. The highest BCUT2D eigenvalue weighted by Crippen LogP contribution is 2.33. The Morgan fingerprint density at radius 3 is 2.85 bits per heavy atom. The third-order valence-electron chi connectivity index (χ3n) is 4.47. The van der Waals surface area contributed by atoms with Crippen LogP contribution in [0, 0.1) is 11.7 Å². The van der Waals surface area contributed by atoms with Crippen molar-refractivity contribution in [2.24, 2.45) is 5.92 Å². The number of fused-ring (bicyclic) bond motifs is 1. The summed E-state index contributed by atoms with van der Waals surface area (Å²) in [5.74, 6) is -0.925. The molecule has 1 aliphatic rings. The van der Waals surface area contributed by atoms with E-state index in [1.807, 2.05) is 10.9 Å². The maximum Gasteiger partial charge on any atom is 0.276 e. The molecule has 0 saturated carbocycles. The molecule has 1 aromatic carbocycles. The van der Waals surface area contributed by atoms with E-state index >= 15 is 0 Å². The van der Waals surface area contributed by atoms with E-state index in [4.69, 9.17) is 11.6 Å². The molecule has 0 unspecified atom stereocenters. The van der Waals surface area contributed by atoms with E-state index in [0.29, 0.717) is 10.8 Å². The first-order valence-electron chi connectivity index (χ1n) is 8.19. The van der Waals surface area contributed by atoms with Crippen molar-refractivity contribution < 1.29 is 17.6 Å². The van der Waals surface area contributed by atoms with Crippen molar-refractivity contribution in [2.45, 2.75) is 37.5 Å². The maximum absolute atomic E-state index is 13.8. The second kappa shape index (κ2) is 7.64. The number of sulfonamides is 1. The van der Waals surface area contributed by atoms with Crippen molar-refractivity contribution in [1.82, 2.24) is 10.3 Å². The van der Waals surface area contributed by atoms with Gasteiger partial charge in [0.15, 0.2) is 0 Å². The van der Waals surface area contributed by atoms with Crippen molar-refractivity contribution in [3.05, 3.63) is 50.4 Å². The number of nitrogens with one attached hydrogen (secondary N) is 2. The minimum absolute atomic E-state index is 0.0834. The van der Waals surface area contributed by atoms with Crippen LogP contribution in [0.4, 0.5) is 4.39 Å². The van der Waals surface area contributed by atoms with Crippen LogP contribution in [-0.4, -0.2) is 14.3 Å². The summed E-state index contributed by atoms with van der Waals surface area (Å²) in [6.45, 7) is 2.15. The summed E-state index contributed by atoms with van der Waals surface area (Å²) >= 11 is 6.99. The smallest absolute Gasteiger partial charge is 0.273 e. The fourth-order valence-electron chi connectivity index (χ4n) is 2.98. The molecule has 26 heavy (non-hydrogen) atoms. The molecule has 0 fully saturated rings. The number of rotatable bonds is 5. The number of hydrogen-bond acceptors (Lipinski definition) is 4. The number of halogens is 2. The molecule has 1 aromatic heterocycles. The topological polar surface area (TPSA) is 75.3 Å². The highest BCUT2D eigenvalue weighted by atomic mass is 35.5. The molecule has 1 atom stereocenters. The second-order valence-corrected chi connectivity index (χ2v) is 9.43. The first-order chi connectivity index (χ1) is 12.3. The molecule has 0 spiro atoms. The van der Waals surface area contributed by atoms with Gasteiger partial charge in [-0.1, -0.05) is 24.9 Å². The predicted octanol–water partition coefficient (Wildman–Crippen LogP) is 3.68. The molecule has 3 rings (SSSR count). The molecular weight excluding hydrogens is 399 g/mol. The van der Waals surface area contributed by atoms with Gasteiger partial charge in [-0.25, -0.2) is 12.8 Å². The fraction of sp³-hybridized carbons (Fsp3) is 0.353. The van der Waals surface area contributed by atoms with Crippen LogP contribution >= 0.6 is 22.9 Å². The molecule has 140 valence electrons. The Morgan fingerprint density at radius 2 is 2.15 bits per heavy atom. The van der Waals surface area contributed by atoms with Crippen LogP contribution in [0.1, 0.15) is 39.9 Å². The van der Waals surface area contributed by atoms with Crippen LogP contribution < -0.4 is 10.3 Å². The zero-order valence-corrected chi connectivity index (χ0v) is 16.4. The van der Waals surface area contributed by atoms with Gasteiger partial charge in [0.2, 0.25) is 0 Å². The average molecular weight is 417 g/mol. The minimum atomic E-state index is -4.24. The van der Waals surface area contributed by atoms with E-state index in [-0.39, 0.29) is 5.02 Å². The first kappa shape index (κ1) is 19.3. The summed E-state index contributed by atoms with van der Waals surface area (Å²) in [4.78, 5) is 15.2. The third-order valence-corrected chi connectivity index (χ3v) is 7.22. The fourth-order valence-corrected chi connectivity index (χ4v) is 5.15. The lowest BCUT2D eigenvalue weighted by atomic mass is 9.87. The number of thiophene rings is 1. The van der Waals surface area contributed by atoms with Crippen LogP contribution in [0.3, 0.4) is 0 Å². The standard InChI is InChI=1S/C17H18ClFN2O3S2/c1-2-10-3-5-14-11(7-10)8-15(25-14)17(22)20-21-26(23,24)16-6-4-12(18)9-13(16)19/h4,6,8-10,21H,2-3,5,7H2,1H3,(H,20,22)/t10-/m1/s1. The SMILES string of the molecule is CC[C@@H]1CCc2sc(C(=O)NNS(=O)(=O)c3ccc(Cl)cc3F)cc2C1. The summed E-state index contributed by atoms with van der Waals surface area (Å²) in [6.07, 6.45) is 4.08. The van der Waals surface area contributed by atoms with Gasteiger partial charge in [0.25, 0.3) is 15.9 Å². The van der Waals surface area contributed by atoms with Gasteiger partial charge in [0.1, 0.15) is 10.7 Å². The van der Waals surface area contributed by atoms with Crippen LogP contribution in [0.25, 0.3) is 0 Å². The third kappa shape index (κ3) is 4.09. The van der Waals surface area contributed by atoms with Crippen LogP contribution in [0.5, 0.6) is 0 Å². The van der Waals surface area contributed by atoms with Gasteiger partial charge in [-0.2, -0.15) is 0 Å². The zero-order chi connectivity index (χ0) is 18.9. The summed E-state index contributed by atoms with van der Waals surface area (Å²) in [5, 5.41) is 0.0834. The van der Waals surface area contributed by atoms with E-state index in [2.05, 4.69) is 12.3 Å². The number of hydrogen-bond donors (Lipinski definition) is 2. The summed E-state index contributed by atoms with van der Waals surface area (Å²) in [5.41, 5.74) is 3.31. The van der Waals surface area contributed by atoms with Gasteiger partial charge in [-0.15, -0.1) is 16.2 Å². The normalized spacial score (nSPS) is 17.0. The van der Waals surface area contributed by atoms with Gasteiger partial charge < -0.3 is 0 Å². The maximum atomic E-state index is 13.8. The van der Waals surface area contributed by atoms with Crippen LogP contribution in [0.2, 0.25) is 5.02 Å². The Labute approximate surface area is 160 Å². The van der Waals surface area contributed by atoms with E-state index in [0.717, 1.165) is 43.4 Å².